The zero-order valence-corrected chi connectivity index (χ0v) is 14.4. The van der Waals surface area contributed by atoms with Gasteiger partial charge in [0.25, 0.3) is 23.6 Å². The van der Waals surface area contributed by atoms with Gasteiger partial charge in [-0.25, -0.2) is 9.80 Å². The summed E-state index contributed by atoms with van der Waals surface area (Å²) in [7, 11) is 0. The Morgan fingerprint density at radius 2 is 1.30 bits per heavy atom. The lowest BCUT2D eigenvalue weighted by Gasteiger charge is -2.20. The predicted molar refractivity (Wildman–Crippen MR) is 92.0 cm³/mol. The number of aryl methyl sites for hydroxylation is 1. The maximum Gasteiger partial charge on any atom is 0.271 e. The van der Waals surface area contributed by atoms with Crippen LogP contribution in [0.1, 0.15) is 12.5 Å². The first kappa shape index (κ1) is 15.6. The average Bonchev–Trinajstić information content (AvgIpc) is 2.85. The standard InChI is InChI=1S/C16H11IN2O4/c1-8-3-10(18-13(20)5-9(2)15(18)22)6-11(4-8)19-14(21)7-12(17)16(19)23/h3-7H,1-2H3. The van der Waals surface area contributed by atoms with Gasteiger partial charge in [0.15, 0.2) is 0 Å². The number of carbonyl (C=O) groups excluding carboxylic acids is 4. The summed E-state index contributed by atoms with van der Waals surface area (Å²) in [5.41, 5.74) is 1.75. The Morgan fingerprint density at radius 3 is 1.74 bits per heavy atom. The minimum absolute atomic E-state index is 0.321. The van der Waals surface area contributed by atoms with Gasteiger partial charge in [-0.15, -0.1) is 0 Å². The van der Waals surface area contributed by atoms with E-state index < -0.39 is 23.6 Å². The molecule has 6 nitrogen and oxygen atoms in total. The fourth-order valence-corrected chi connectivity index (χ4v) is 3.03. The van der Waals surface area contributed by atoms with Crippen LogP contribution in [-0.4, -0.2) is 23.6 Å². The van der Waals surface area contributed by atoms with E-state index in [4.69, 9.17) is 0 Å². The van der Waals surface area contributed by atoms with Crippen LogP contribution in [-0.2, 0) is 19.2 Å². The van der Waals surface area contributed by atoms with Gasteiger partial charge in [0.1, 0.15) is 0 Å². The Labute approximate surface area is 145 Å². The third-order valence-electron chi connectivity index (χ3n) is 3.54. The first-order valence-electron chi connectivity index (χ1n) is 6.73. The second-order valence-corrected chi connectivity index (χ2v) is 6.47. The number of hydrogen-bond donors (Lipinski definition) is 0. The lowest BCUT2D eigenvalue weighted by molar-refractivity contribution is -0.121. The molecule has 7 heteroatoms. The molecular formula is C16H11IN2O4. The first-order chi connectivity index (χ1) is 10.8. The molecule has 1 aromatic carbocycles. The van der Waals surface area contributed by atoms with Crippen LogP contribution < -0.4 is 9.80 Å². The van der Waals surface area contributed by atoms with Gasteiger partial charge in [0.2, 0.25) is 0 Å². The molecule has 0 N–H and O–H groups in total. The predicted octanol–water partition coefficient (Wildman–Crippen LogP) is 2.01. The number of nitrogens with zero attached hydrogens (tertiary/aromatic N) is 2. The lowest BCUT2D eigenvalue weighted by Crippen LogP contribution is -2.32. The van der Waals surface area contributed by atoms with Crippen molar-refractivity contribution in [2.45, 2.75) is 13.8 Å². The van der Waals surface area contributed by atoms with E-state index in [1.165, 1.54) is 18.2 Å². The van der Waals surface area contributed by atoms with Crippen LogP contribution in [0.25, 0.3) is 0 Å². The second kappa shape index (κ2) is 5.41. The van der Waals surface area contributed by atoms with Crippen LogP contribution in [0, 0.1) is 6.92 Å². The Kier molecular flexibility index (Phi) is 3.67. The SMILES string of the molecule is CC1=CC(=O)N(c2cc(C)cc(N3C(=O)C=C(I)C3=O)c2)C1=O. The van der Waals surface area contributed by atoms with Crippen molar-refractivity contribution < 1.29 is 19.2 Å². The van der Waals surface area contributed by atoms with Crippen molar-refractivity contribution in [3.05, 3.63) is 45.1 Å². The molecule has 0 aliphatic carbocycles. The third-order valence-corrected chi connectivity index (χ3v) is 4.31. The molecule has 4 amide bonds. The summed E-state index contributed by atoms with van der Waals surface area (Å²) in [6.45, 7) is 3.33. The van der Waals surface area contributed by atoms with E-state index in [9.17, 15) is 19.2 Å². The van der Waals surface area contributed by atoms with Gasteiger partial charge in [0, 0.05) is 17.7 Å². The number of benzene rings is 1. The molecule has 0 spiro atoms. The summed E-state index contributed by atoms with van der Waals surface area (Å²) in [5.74, 6) is -1.70. The maximum atomic E-state index is 12.1. The van der Waals surface area contributed by atoms with Crippen molar-refractivity contribution in [1.82, 2.24) is 0 Å². The van der Waals surface area contributed by atoms with E-state index in [0.29, 0.717) is 20.5 Å². The van der Waals surface area contributed by atoms with Crippen LogP contribution in [0.2, 0.25) is 0 Å². The van der Waals surface area contributed by atoms with Gasteiger partial charge < -0.3 is 0 Å². The zero-order chi connectivity index (χ0) is 16.9. The van der Waals surface area contributed by atoms with Crippen LogP contribution in [0.15, 0.2) is 39.5 Å². The zero-order valence-electron chi connectivity index (χ0n) is 12.3. The fourth-order valence-electron chi connectivity index (χ4n) is 2.52. The van der Waals surface area contributed by atoms with Crippen molar-refractivity contribution in [2.75, 3.05) is 9.80 Å². The molecule has 2 aliphatic rings. The topological polar surface area (TPSA) is 74.8 Å². The van der Waals surface area contributed by atoms with Gasteiger partial charge in [-0.3, -0.25) is 19.2 Å². The summed E-state index contributed by atoms with van der Waals surface area (Å²) in [5, 5.41) is 0. The van der Waals surface area contributed by atoms with Gasteiger partial charge in [-0.2, -0.15) is 0 Å². The Hall–Kier alpha value is -2.29. The highest BCUT2D eigenvalue weighted by Crippen LogP contribution is 2.32. The molecule has 116 valence electrons. The van der Waals surface area contributed by atoms with E-state index in [1.54, 1.807) is 48.6 Å². The monoisotopic (exact) mass is 422 g/mol. The van der Waals surface area contributed by atoms with Crippen LogP contribution in [0.3, 0.4) is 0 Å². The number of amides is 4. The van der Waals surface area contributed by atoms with Gasteiger partial charge in [0.05, 0.1) is 15.0 Å². The Bertz CT molecular complexity index is 787. The average molecular weight is 422 g/mol. The maximum absolute atomic E-state index is 12.1. The van der Waals surface area contributed by atoms with Gasteiger partial charge in [-0.05, 0) is 60.2 Å². The number of carbonyl (C=O) groups is 4. The second-order valence-electron chi connectivity index (χ2n) is 5.30. The Morgan fingerprint density at radius 1 is 0.783 bits per heavy atom. The summed E-state index contributed by atoms with van der Waals surface area (Å²) in [6, 6.07) is 4.82. The fraction of sp³-hybridized carbons (Fsp3) is 0.125. The van der Waals surface area contributed by atoms with E-state index in [-0.39, 0.29) is 0 Å². The summed E-state index contributed by atoms with van der Waals surface area (Å²) >= 11 is 1.80. The van der Waals surface area contributed by atoms with Crippen molar-refractivity contribution in [3.8, 4) is 0 Å². The minimum Gasteiger partial charge on any atom is -0.269 e. The molecule has 23 heavy (non-hydrogen) atoms. The van der Waals surface area contributed by atoms with Crippen molar-refractivity contribution in [3.63, 3.8) is 0 Å². The molecule has 0 saturated carbocycles. The molecule has 0 fully saturated rings. The van der Waals surface area contributed by atoms with Crippen molar-refractivity contribution in [1.29, 1.82) is 0 Å². The smallest absolute Gasteiger partial charge is 0.269 e. The number of imide groups is 2. The molecule has 0 aromatic heterocycles. The molecule has 0 bridgehead atoms. The highest BCUT2D eigenvalue weighted by Gasteiger charge is 2.33. The van der Waals surface area contributed by atoms with E-state index in [1.807, 2.05) is 0 Å². The number of rotatable bonds is 2. The number of hydrogen-bond acceptors (Lipinski definition) is 4. The van der Waals surface area contributed by atoms with Crippen LogP contribution in [0.4, 0.5) is 11.4 Å². The van der Waals surface area contributed by atoms with Crippen molar-refractivity contribution in [2.24, 2.45) is 0 Å². The van der Waals surface area contributed by atoms with Crippen LogP contribution in [0.5, 0.6) is 0 Å². The quantitative estimate of drug-likeness (QED) is 0.540. The molecule has 2 heterocycles. The molecular weight excluding hydrogens is 411 g/mol. The van der Waals surface area contributed by atoms with Crippen LogP contribution >= 0.6 is 22.6 Å². The number of anilines is 2. The molecule has 1 aromatic rings. The molecule has 2 aliphatic heterocycles. The van der Waals surface area contributed by atoms with E-state index in [2.05, 4.69) is 0 Å². The highest BCUT2D eigenvalue weighted by atomic mass is 127. The van der Waals surface area contributed by atoms with E-state index >= 15 is 0 Å². The molecule has 3 rings (SSSR count). The first-order valence-corrected chi connectivity index (χ1v) is 7.81. The third kappa shape index (κ3) is 2.50. The molecule has 0 unspecified atom stereocenters. The summed E-state index contributed by atoms with van der Waals surface area (Å²) in [6.07, 6.45) is 2.52. The van der Waals surface area contributed by atoms with E-state index in [0.717, 1.165) is 15.4 Å². The Balaban J connectivity index is 2.05. The van der Waals surface area contributed by atoms with Gasteiger partial charge >= 0.3 is 0 Å². The van der Waals surface area contributed by atoms with Crippen molar-refractivity contribution >= 4 is 57.6 Å². The largest absolute Gasteiger partial charge is 0.271 e. The minimum atomic E-state index is -0.440. The highest BCUT2D eigenvalue weighted by molar-refractivity contribution is 14.1. The normalized spacial score (nSPS) is 18.0. The summed E-state index contributed by atoms with van der Waals surface area (Å²) in [4.78, 5) is 50.3. The van der Waals surface area contributed by atoms with Gasteiger partial charge in [-0.1, -0.05) is 0 Å². The lowest BCUT2D eigenvalue weighted by atomic mass is 10.1. The molecule has 0 radical (unpaired) electrons. The summed E-state index contributed by atoms with van der Waals surface area (Å²) < 4.78 is 0.321. The molecule has 0 atom stereocenters. The number of halogens is 1. The molecule has 0 saturated heterocycles.